The zero-order valence-corrected chi connectivity index (χ0v) is 8.23. The molecule has 70 valence electrons. The SMILES string of the molecule is CC1(C2CCCN2)CCCCC1. The summed E-state index contributed by atoms with van der Waals surface area (Å²) in [6, 6.07) is 0.845. The molecule has 0 aromatic heterocycles. The van der Waals surface area contributed by atoms with Gasteiger partial charge in [-0.05, 0) is 37.6 Å². The molecule has 1 nitrogen and oxygen atoms in total. The third-order valence-electron chi connectivity index (χ3n) is 3.90. The van der Waals surface area contributed by atoms with Crippen LogP contribution in [0.25, 0.3) is 0 Å². The van der Waals surface area contributed by atoms with E-state index in [9.17, 15) is 0 Å². The quantitative estimate of drug-likeness (QED) is 0.633. The molecule has 2 fully saturated rings. The minimum absolute atomic E-state index is 0.648. The average molecular weight is 167 g/mol. The molecule has 2 rings (SSSR count). The fourth-order valence-electron chi connectivity index (χ4n) is 2.99. The highest BCUT2D eigenvalue weighted by atomic mass is 15.0. The number of nitrogens with one attached hydrogen (secondary N) is 1. The van der Waals surface area contributed by atoms with Crippen LogP contribution in [0.1, 0.15) is 51.9 Å². The second-order valence-electron chi connectivity index (χ2n) is 4.86. The number of rotatable bonds is 1. The summed E-state index contributed by atoms with van der Waals surface area (Å²) >= 11 is 0. The van der Waals surface area contributed by atoms with Crippen molar-refractivity contribution < 1.29 is 0 Å². The van der Waals surface area contributed by atoms with Crippen molar-refractivity contribution in [3.63, 3.8) is 0 Å². The van der Waals surface area contributed by atoms with Crippen LogP contribution in [0.5, 0.6) is 0 Å². The first-order valence-electron chi connectivity index (χ1n) is 5.55. The van der Waals surface area contributed by atoms with E-state index in [0.29, 0.717) is 5.41 Å². The molecule has 2 aliphatic rings. The van der Waals surface area contributed by atoms with Gasteiger partial charge in [-0.1, -0.05) is 26.2 Å². The van der Waals surface area contributed by atoms with Crippen LogP contribution in [0.2, 0.25) is 0 Å². The van der Waals surface area contributed by atoms with Crippen LogP contribution in [0.4, 0.5) is 0 Å². The van der Waals surface area contributed by atoms with Gasteiger partial charge in [0.2, 0.25) is 0 Å². The maximum Gasteiger partial charge on any atom is 0.0121 e. The molecule has 1 saturated heterocycles. The summed E-state index contributed by atoms with van der Waals surface area (Å²) in [5, 5.41) is 3.67. The lowest BCUT2D eigenvalue weighted by Gasteiger charge is -2.39. The monoisotopic (exact) mass is 167 g/mol. The molecule has 0 bridgehead atoms. The Kier molecular flexibility index (Phi) is 2.40. The largest absolute Gasteiger partial charge is 0.313 e. The summed E-state index contributed by atoms with van der Waals surface area (Å²) < 4.78 is 0. The molecule has 1 saturated carbocycles. The van der Waals surface area contributed by atoms with Crippen LogP contribution in [-0.2, 0) is 0 Å². The van der Waals surface area contributed by atoms with Gasteiger partial charge in [0, 0.05) is 6.04 Å². The summed E-state index contributed by atoms with van der Waals surface area (Å²) in [6.45, 7) is 3.76. The van der Waals surface area contributed by atoms with E-state index in [4.69, 9.17) is 0 Å². The summed E-state index contributed by atoms with van der Waals surface area (Å²) in [4.78, 5) is 0. The summed E-state index contributed by atoms with van der Waals surface area (Å²) in [7, 11) is 0. The van der Waals surface area contributed by atoms with Crippen LogP contribution in [0.3, 0.4) is 0 Å². The van der Waals surface area contributed by atoms with Crippen LogP contribution in [0.15, 0.2) is 0 Å². The van der Waals surface area contributed by atoms with E-state index in [1.54, 1.807) is 0 Å². The lowest BCUT2D eigenvalue weighted by Crippen LogP contribution is -2.40. The Hall–Kier alpha value is -0.0400. The first-order valence-corrected chi connectivity index (χ1v) is 5.55. The van der Waals surface area contributed by atoms with Gasteiger partial charge in [0.25, 0.3) is 0 Å². The van der Waals surface area contributed by atoms with Gasteiger partial charge < -0.3 is 5.32 Å². The maximum atomic E-state index is 3.67. The van der Waals surface area contributed by atoms with Gasteiger partial charge in [-0.25, -0.2) is 0 Å². The molecule has 0 amide bonds. The Morgan fingerprint density at radius 3 is 2.42 bits per heavy atom. The van der Waals surface area contributed by atoms with Crippen LogP contribution in [0, 0.1) is 5.41 Å². The van der Waals surface area contributed by atoms with E-state index in [2.05, 4.69) is 12.2 Å². The lowest BCUT2D eigenvalue weighted by atomic mass is 9.70. The van der Waals surface area contributed by atoms with Crippen molar-refractivity contribution >= 4 is 0 Å². The van der Waals surface area contributed by atoms with Gasteiger partial charge in [0.1, 0.15) is 0 Å². The first kappa shape index (κ1) is 8.55. The molecule has 1 N–H and O–H groups in total. The maximum absolute atomic E-state index is 3.67. The van der Waals surface area contributed by atoms with Gasteiger partial charge >= 0.3 is 0 Å². The van der Waals surface area contributed by atoms with E-state index in [1.165, 1.54) is 51.5 Å². The predicted molar refractivity (Wildman–Crippen MR) is 52.2 cm³/mol. The van der Waals surface area contributed by atoms with Crippen LogP contribution >= 0.6 is 0 Å². The van der Waals surface area contributed by atoms with Gasteiger partial charge in [0.05, 0.1) is 0 Å². The van der Waals surface area contributed by atoms with Gasteiger partial charge in [-0.2, -0.15) is 0 Å². The first-order chi connectivity index (χ1) is 5.81. The average Bonchev–Trinajstić information content (AvgIpc) is 2.58. The van der Waals surface area contributed by atoms with Gasteiger partial charge in [-0.3, -0.25) is 0 Å². The molecule has 12 heavy (non-hydrogen) atoms. The molecule has 1 heteroatoms. The molecule has 0 spiro atoms. The van der Waals surface area contributed by atoms with Crippen molar-refractivity contribution in [3.05, 3.63) is 0 Å². The Morgan fingerprint density at radius 2 is 1.83 bits per heavy atom. The number of hydrogen-bond acceptors (Lipinski definition) is 1. The fourth-order valence-corrected chi connectivity index (χ4v) is 2.99. The van der Waals surface area contributed by atoms with E-state index in [1.807, 2.05) is 0 Å². The van der Waals surface area contributed by atoms with Crippen LogP contribution in [-0.4, -0.2) is 12.6 Å². The Labute approximate surface area is 75.9 Å². The van der Waals surface area contributed by atoms with Crippen LogP contribution < -0.4 is 5.32 Å². The molecule has 0 radical (unpaired) electrons. The van der Waals surface area contributed by atoms with Crippen molar-refractivity contribution in [2.45, 2.75) is 57.9 Å². The van der Waals surface area contributed by atoms with Crippen molar-refractivity contribution in [2.24, 2.45) is 5.41 Å². The normalized spacial score (nSPS) is 35.2. The van der Waals surface area contributed by atoms with E-state index in [-0.39, 0.29) is 0 Å². The van der Waals surface area contributed by atoms with Gasteiger partial charge in [0.15, 0.2) is 0 Å². The molecule has 0 aromatic carbocycles. The molecule has 1 heterocycles. The Balaban J connectivity index is 1.97. The third-order valence-corrected chi connectivity index (χ3v) is 3.90. The highest BCUT2D eigenvalue weighted by Gasteiger charge is 2.36. The summed E-state index contributed by atoms with van der Waals surface area (Å²) in [6.07, 6.45) is 10.2. The Bertz CT molecular complexity index is 141. The molecular weight excluding hydrogens is 146 g/mol. The van der Waals surface area contributed by atoms with E-state index < -0.39 is 0 Å². The highest BCUT2D eigenvalue weighted by Crippen LogP contribution is 2.41. The third kappa shape index (κ3) is 1.52. The second-order valence-corrected chi connectivity index (χ2v) is 4.86. The van der Waals surface area contributed by atoms with Crippen molar-refractivity contribution in [1.82, 2.24) is 5.32 Å². The molecule has 1 aliphatic carbocycles. The summed E-state index contributed by atoms with van der Waals surface area (Å²) in [5.74, 6) is 0. The van der Waals surface area contributed by atoms with E-state index >= 15 is 0 Å². The van der Waals surface area contributed by atoms with Crippen molar-refractivity contribution in [1.29, 1.82) is 0 Å². The predicted octanol–water partition coefficient (Wildman–Crippen LogP) is 2.71. The van der Waals surface area contributed by atoms with E-state index in [0.717, 1.165) is 6.04 Å². The zero-order valence-electron chi connectivity index (χ0n) is 8.23. The standard InChI is InChI=1S/C11H21N/c1-11(7-3-2-4-8-11)10-6-5-9-12-10/h10,12H,2-9H2,1H3. The molecule has 1 aliphatic heterocycles. The van der Waals surface area contributed by atoms with Gasteiger partial charge in [-0.15, -0.1) is 0 Å². The van der Waals surface area contributed by atoms with Crippen molar-refractivity contribution in [3.8, 4) is 0 Å². The zero-order chi connectivity index (χ0) is 8.44. The van der Waals surface area contributed by atoms with Crippen molar-refractivity contribution in [2.75, 3.05) is 6.54 Å². The summed E-state index contributed by atoms with van der Waals surface area (Å²) in [5.41, 5.74) is 0.648. The second kappa shape index (κ2) is 3.37. The minimum Gasteiger partial charge on any atom is -0.313 e. The smallest absolute Gasteiger partial charge is 0.0121 e. The fraction of sp³-hybridized carbons (Fsp3) is 1.00. The number of hydrogen-bond donors (Lipinski definition) is 1. The Morgan fingerprint density at radius 1 is 1.08 bits per heavy atom. The highest BCUT2D eigenvalue weighted by molar-refractivity contribution is 4.92. The molecule has 0 aromatic rings. The topological polar surface area (TPSA) is 12.0 Å². The molecule has 1 atom stereocenters. The minimum atomic E-state index is 0.648. The molecular formula is C11H21N. The lowest BCUT2D eigenvalue weighted by molar-refractivity contribution is 0.156. The molecule has 1 unspecified atom stereocenters.